The molecule has 0 amide bonds. The molecule has 0 aliphatic heterocycles. The smallest absolute Gasteiger partial charge is 0.307 e. The van der Waals surface area contributed by atoms with E-state index in [9.17, 15) is 14.7 Å². The van der Waals surface area contributed by atoms with Crippen LogP contribution in [0.25, 0.3) is 0 Å². The highest BCUT2D eigenvalue weighted by Gasteiger charge is 2.27. The molecule has 54 heavy (non-hydrogen) atoms. The average Bonchev–Trinajstić information content (AvgIpc) is 3.76. The molecule has 0 bridgehead atoms. The van der Waals surface area contributed by atoms with Gasteiger partial charge < -0.3 is 29.5 Å². The van der Waals surface area contributed by atoms with Crippen LogP contribution in [-0.4, -0.2) is 54.0 Å². The summed E-state index contributed by atoms with van der Waals surface area (Å²) in [5.41, 5.74) is -0.529. The van der Waals surface area contributed by atoms with Crippen molar-refractivity contribution < 1.29 is 28.5 Å². The summed E-state index contributed by atoms with van der Waals surface area (Å²) in [5, 5.41) is 24.0. The number of aromatic nitrogens is 4. The molecule has 2 atom stereocenters. The lowest BCUT2D eigenvalue weighted by molar-refractivity contribution is -0.155. The Morgan fingerprint density at radius 2 is 1.09 bits per heavy atom. The fourth-order valence-electron chi connectivity index (χ4n) is 7.38. The van der Waals surface area contributed by atoms with E-state index in [1.165, 1.54) is 77.0 Å². The minimum Gasteiger partial charge on any atom is -0.481 e. The van der Waals surface area contributed by atoms with Crippen molar-refractivity contribution in [3.63, 3.8) is 0 Å². The van der Waals surface area contributed by atoms with Gasteiger partial charge in [0.2, 0.25) is 11.8 Å². The van der Waals surface area contributed by atoms with E-state index in [4.69, 9.17) is 13.8 Å². The van der Waals surface area contributed by atoms with Gasteiger partial charge >= 0.3 is 11.9 Å². The highest BCUT2D eigenvalue weighted by molar-refractivity contribution is 5.70. The summed E-state index contributed by atoms with van der Waals surface area (Å²) < 4.78 is 16.5. The third kappa shape index (κ3) is 19.6. The molecule has 2 fully saturated rings. The quantitative estimate of drug-likeness (QED) is 0.123. The number of ether oxygens (including phenoxy) is 1. The maximum atomic E-state index is 12.4. The van der Waals surface area contributed by atoms with Crippen molar-refractivity contribution in [2.24, 2.45) is 11.8 Å². The lowest BCUT2D eigenvalue weighted by Crippen LogP contribution is -2.35. The average molecular weight is 759 g/mol. The Hall–Kier alpha value is -2.86. The van der Waals surface area contributed by atoms with Gasteiger partial charge in [-0.25, -0.2) is 0 Å². The molecule has 2 aromatic heterocycles. The second-order valence-corrected chi connectivity index (χ2v) is 19.0. The first-order valence-electron chi connectivity index (χ1n) is 20.9. The Morgan fingerprint density at radius 1 is 0.685 bits per heavy atom. The summed E-state index contributed by atoms with van der Waals surface area (Å²) >= 11 is 0. The van der Waals surface area contributed by atoms with Crippen molar-refractivity contribution in [1.29, 1.82) is 0 Å². The number of nitrogens with one attached hydrogen (secondary N) is 2. The molecule has 308 valence electrons. The zero-order chi connectivity index (χ0) is 39.8. The van der Waals surface area contributed by atoms with Crippen molar-refractivity contribution in [2.75, 3.05) is 0 Å². The molecule has 4 rings (SSSR count). The number of carbonyl (C=O) groups excluding carboxylic acids is 1. The number of carbonyl (C=O) groups is 2. The van der Waals surface area contributed by atoms with Crippen LogP contribution in [0.3, 0.4) is 0 Å². The minimum atomic E-state index is -0.810. The van der Waals surface area contributed by atoms with Crippen LogP contribution >= 0.6 is 0 Å². The molecule has 2 aliphatic rings. The van der Waals surface area contributed by atoms with Crippen LogP contribution in [-0.2, 0) is 27.4 Å². The third-order valence-corrected chi connectivity index (χ3v) is 10.3. The van der Waals surface area contributed by atoms with Gasteiger partial charge in [0.1, 0.15) is 5.60 Å². The van der Waals surface area contributed by atoms with Gasteiger partial charge in [0.15, 0.2) is 11.6 Å². The second-order valence-electron chi connectivity index (χ2n) is 19.0. The molecule has 2 heterocycles. The molecular formula is C42H74N6O6. The van der Waals surface area contributed by atoms with E-state index in [-0.39, 0.29) is 41.7 Å². The van der Waals surface area contributed by atoms with Crippen LogP contribution in [0.4, 0.5) is 0 Å². The Kier molecular flexibility index (Phi) is 18.6. The third-order valence-electron chi connectivity index (χ3n) is 10.3. The zero-order valence-corrected chi connectivity index (χ0v) is 35.2. The molecule has 3 N–H and O–H groups in total. The van der Waals surface area contributed by atoms with E-state index in [1.807, 2.05) is 20.8 Å². The van der Waals surface area contributed by atoms with Gasteiger partial charge in [0.25, 0.3) is 0 Å². The predicted molar refractivity (Wildman–Crippen MR) is 211 cm³/mol. The molecule has 2 saturated carbocycles. The van der Waals surface area contributed by atoms with Gasteiger partial charge in [-0.1, -0.05) is 100 Å². The monoisotopic (exact) mass is 759 g/mol. The van der Waals surface area contributed by atoms with Crippen LogP contribution in [0.5, 0.6) is 0 Å². The van der Waals surface area contributed by atoms with Crippen LogP contribution in [0.15, 0.2) is 9.05 Å². The van der Waals surface area contributed by atoms with Crippen LogP contribution in [0.2, 0.25) is 0 Å². The minimum absolute atomic E-state index is 0.0172. The first-order chi connectivity index (χ1) is 25.3. The highest BCUT2D eigenvalue weighted by atomic mass is 16.6. The van der Waals surface area contributed by atoms with E-state index in [0.717, 1.165) is 37.5 Å². The molecule has 0 aromatic carbocycles. The SMILES string of the molecule is CC(C)(C)NCc1noc([C@H](CCCC2CCCCC2)CC(=O)O)n1.CC(C)(C)NCc1noc([C@H](CCCC2CCCCC2)CC(=O)OC(C)(C)C)n1. The summed E-state index contributed by atoms with van der Waals surface area (Å²) in [4.78, 5) is 32.7. The van der Waals surface area contributed by atoms with Crippen molar-refractivity contribution in [1.82, 2.24) is 30.9 Å². The van der Waals surface area contributed by atoms with Crippen LogP contribution in [0.1, 0.15) is 213 Å². The Labute approximate surface area is 325 Å². The predicted octanol–water partition coefficient (Wildman–Crippen LogP) is 9.79. The molecular weight excluding hydrogens is 684 g/mol. The topological polar surface area (TPSA) is 166 Å². The molecule has 12 nitrogen and oxygen atoms in total. The molecule has 0 radical (unpaired) electrons. The lowest BCUT2D eigenvalue weighted by atomic mass is 9.84. The van der Waals surface area contributed by atoms with Gasteiger partial charge in [-0.2, -0.15) is 9.97 Å². The zero-order valence-electron chi connectivity index (χ0n) is 35.2. The fraction of sp³-hybridized carbons (Fsp3) is 0.857. The van der Waals surface area contributed by atoms with Crippen molar-refractivity contribution in [3.8, 4) is 0 Å². The number of hydrogen-bond donors (Lipinski definition) is 3. The standard InChI is InChI=1S/C23H41N3O3.C19H33N3O3/c1-22(2,3)24-16-19-25-21(29-26-19)18(15-20(27)28-23(4,5)6)14-10-13-17-11-8-7-9-12-17;1-19(2,3)20-13-16-21-18(25-22-16)15(12-17(23)24)11-7-10-14-8-5-4-6-9-14/h17-18,24H,7-16H2,1-6H3;14-15,20H,4-13H2,1-3H3,(H,23,24)/t18-;15-/m11/s1. The normalized spacial score (nSPS) is 17.4. The number of rotatable bonds is 18. The lowest BCUT2D eigenvalue weighted by Gasteiger charge is -2.23. The maximum Gasteiger partial charge on any atom is 0.307 e. The highest BCUT2D eigenvalue weighted by Crippen LogP contribution is 2.33. The number of esters is 1. The van der Waals surface area contributed by atoms with E-state index in [0.29, 0.717) is 36.5 Å². The Bertz CT molecular complexity index is 1360. The number of carboxylic acid groups (broad SMARTS) is 1. The van der Waals surface area contributed by atoms with E-state index in [1.54, 1.807) is 0 Å². The summed E-state index contributed by atoms with van der Waals surface area (Å²) in [7, 11) is 0. The second kappa shape index (κ2) is 22.0. The van der Waals surface area contributed by atoms with E-state index in [2.05, 4.69) is 72.5 Å². The van der Waals surface area contributed by atoms with Crippen molar-refractivity contribution in [3.05, 3.63) is 23.4 Å². The molecule has 2 aliphatic carbocycles. The Morgan fingerprint density at radius 3 is 1.46 bits per heavy atom. The van der Waals surface area contributed by atoms with E-state index >= 15 is 0 Å². The van der Waals surface area contributed by atoms with Crippen LogP contribution in [0, 0.1) is 11.8 Å². The molecule has 2 aromatic rings. The largest absolute Gasteiger partial charge is 0.481 e. The van der Waals surface area contributed by atoms with Crippen LogP contribution < -0.4 is 10.6 Å². The molecule has 0 unspecified atom stereocenters. The molecule has 0 saturated heterocycles. The fourth-order valence-corrected chi connectivity index (χ4v) is 7.38. The molecule has 12 heteroatoms. The van der Waals surface area contributed by atoms with Crippen molar-refractivity contribution >= 4 is 11.9 Å². The summed E-state index contributed by atoms with van der Waals surface area (Å²) in [5.74, 6) is 2.63. The summed E-state index contributed by atoms with van der Waals surface area (Å²) in [6.45, 7) is 19.3. The number of hydrogen-bond acceptors (Lipinski definition) is 11. The maximum absolute atomic E-state index is 12.4. The number of aliphatic carboxylic acids is 1. The number of carboxylic acids is 1. The van der Waals surface area contributed by atoms with Gasteiger partial charge in [-0.05, 0) is 87.0 Å². The van der Waals surface area contributed by atoms with E-state index < -0.39 is 11.6 Å². The van der Waals surface area contributed by atoms with Gasteiger partial charge in [-0.15, -0.1) is 0 Å². The molecule has 0 spiro atoms. The summed E-state index contributed by atoms with van der Waals surface area (Å²) in [6.07, 6.45) is 20.0. The number of nitrogens with zero attached hydrogens (tertiary/aromatic N) is 4. The summed E-state index contributed by atoms with van der Waals surface area (Å²) in [6, 6.07) is 0. The Balaban J connectivity index is 0.000000294. The van der Waals surface area contributed by atoms with Gasteiger partial charge in [0.05, 0.1) is 25.9 Å². The first kappa shape index (κ1) is 45.5. The van der Waals surface area contributed by atoms with Crippen molar-refractivity contribution in [2.45, 2.75) is 219 Å². The van der Waals surface area contributed by atoms with Gasteiger partial charge in [-0.3, -0.25) is 9.59 Å². The first-order valence-corrected chi connectivity index (χ1v) is 20.9. The van der Waals surface area contributed by atoms with Gasteiger partial charge in [0, 0.05) is 22.9 Å².